The molecule has 0 saturated heterocycles. The molecule has 0 atom stereocenters. The Hall–Kier alpha value is -3.16. The smallest absolute Gasteiger partial charge is 0.254 e. The predicted octanol–water partition coefficient (Wildman–Crippen LogP) is 2.52. The van der Waals surface area contributed by atoms with Crippen molar-refractivity contribution in [2.45, 2.75) is 38.7 Å². The van der Waals surface area contributed by atoms with E-state index in [9.17, 15) is 9.59 Å². The third-order valence-corrected chi connectivity index (χ3v) is 4.72. The van der Waals surface area contributed by atoms with Crippen molar-refractivity contribution in [3.63, 3.8) is 0 Å². The first kappa shape index (κ1) is 17.3. The molecule has 3 aromatic rings. The molecule has 2 heterocycles. The van der Waals surface area contributed by atoms with Crippen LogP contribution < -0.4 is 15.6 Å². The number of nitrogens with zero attached hydrogens (tertiary/aromatic N) is 3. The summed E-state index contributed by atoms with van der Waals surface area (Å²) in [4.78, 5) is 31.4. The van der Waals surface area contributed by atoms with Crippen molar-refractivity contribution in [3.8, 4) is 5.75 Å². The SMILES string of the molecule is O=C(Nc1cc(=O)[nH]c2nc(COc3ccccc3)nn12)C1CCCCC1. The number of aromatic amines is 1. The van der Waals surface area contributed by atoms with Crippen molar-refractivity contribution in [3.05, 3.63) is 52.6 Å². The number of rotatable bonds is 5. The molecular formula is C19H21N5O3. The van der Waals surface area contributed by atoms with E-state index < -0.39 is 0 Å². The second-order valence-corrected chi connectivity index (χ2v) is 6.71. The fraction of sp³-hybridized carbons (Fsp3) is 0.368. The quantitative estimate of drug-likeness (QED) is 0.721. The number of carbonyl (C=O) groups is 1. The molecule has 8 heteroatoms. The molecule has 4 rings (SSSR count). The van der Waals surface area contributed by atoms with Crippen molar-refractivity contribution in [1.29, 1.82) is 0 Å². The van der Waals surface area contributed by atoms with Gasteiger partial charge < -0.3 is 10.1 Å². The highest BCUT2D eigenvalue weighted by molar-refractivity contribution is 5.91. The summed E-state index contributed by atoms with van der Waals surface area (Å²) >= 11 is 0. The van der Waals surface area contributed by atoms with Gasteiger partial charge in [0.05, 0.1) is 0 Å². The highest BCUT2D eigenvalue weighted by Gasteiger charge is 2.22. The Bertz CT molecular complexity index is 989. The topological polar surface area (TPSA) is 101 Å². The molecule has 2 N–H and O–H groups in total. The average Bonchev–Trinajstić information content (AvgIpc) is 3.11. The van der Waals surface area contributed by atoms with Gasteiger partial charge in [0, 0.05) is 12.0 Å². The molecule has 0 bridgehead atoms. The standard InChI is InChI=1S/C19H21N5O3/c25-17-11-16(21-18(26)13-7-3-1-4-8-13)24-19(22-17)20-15(23-24)12-27-14-9-5-2-6-10-14/h2,5-6,9-11,13H,1,3-4,7-8,12H2,(H,21,26)(H,20,22,23,25). The number of fused-ring (bicyclic) bond motifs is 1. The van der Waals surface area contributed by atoms with Crippen LogP contribution in [0.15, 0.2) is 41.2 Å². The van der Waals surface area contributed by atoms with Crippen LogP contribution in [-0.2, 0) is 11.4 Å². The second kappa shape index (κ2) is 7.61. The van der Waals surface area contributed by atoms with Gasteiger partial charge in [0.1, 0.15) is 18.2 Å². The van der Waals surface area contributed by atoms with Gasteiger partial charge in [-0.1, -0.05) is 37.5 Å². The molecule has 27 heavy (non-hydrogen) atoms. The van der Waals surface area contributed by atoms with Crippen LogP contribution in [0.2, 0.25) is 0 Å². The molecule has 2 aromatic heterocycles. The second-order valence-electron chi connectivity index (χ2n) is 6.71. The van der Waals surface area contributed by atoms with Gasteiger partial charge in [-0.3, -0.25) is 14.6 Å². The van der Waals surface area contributed by atoms with E-state index in [1.54, 1.807) is 0 Å². The third kappa shape index (κ3) is 3.99. The van der Waals surface area contributed by atoms with Crippen molar-refractivity contribution >= 4 is 17.5 Å². The zero-order valence-electron chi connectivity index (χ0n) is 14.9. The first-order valence-electron chi connectivity index (χ1n) is 9.17. The summed E-state index contributed by atoms with van der Waals surface area (Å²) in [5.41, 5.74) is -0.343. The normalized spacial score (nSPS) is 15.0. The van der Waals surface area contributed by atoms with Gasteiger partial charge in [0.25, 0.3) is 5.56 Å². The number of amides is 1. The van der Waals surface area contributed by atoms with Crippen molar-refractivity contribution in [2.24, 2.45) is 5.92 Å². The van der Waals surface area contributed by atoms with E-state index in [0.717, 1.165) is 25.7 Å². The molecular weight excluding hydrogens is 346 g/mol. The highest BCUT2D eigenvalue weighted by atomic mass is 16.5. The van der Waals surface area contributed by atoms with Crippen LogP contribution in [0.25, 0.3) is 5.78 Å². The number of hydrogen-bond donors (Lipinski definition) is 2. The lowest BCUT2D eigenvalue weighted by Crippen LogP contribution is -2.27. The highest BCUT2D eigenvalue weighted by Crippen LogP contribution is 2.24. The van der Waals surface area contributed by atoms with E-state index in [1.807, 2.05) is 30.3 Å². The molecule has 140 valence electrons. The van der Waals surface area contributed by atoms with Gasteiger partial charge in [-0.2, -0.15) is 9.50 Å². The molecule has 1 aromatic carbocycles. The van der Waals surface area contributed by atoms with Crippen LogP contribution in [-0.4, -0.2) is 25.5 Å². The van der Waals surface area contributed by atoms with Crippen LogP contribution in [0.1, 0.15) is 37.9 Å². The van der Waals surface area contributed by atoms with Gasteiger partial charge in [-0.05, 0) is 25.0 Å². The Balaban J connectivity index is 1.54. The van der Waals surface area contributed by atoms with Gasteiger partial charge >= 0.3 is 0 Å². The number of aromatic nitrogens is 4. The fourth-order valence-electron chi connectivity index (χ4n) is 3.34. The van der Waals surface area contributed by atoms with Gasteiger partial charge in [0.2, 0.25) is 11.7 Å². The lowest BCUT2D eigenvalue weighted by atomic mass is 9.89. The van der Waals surface area contributed by atoms with E-state index in [0.29, 0.717) is 17.4 Å². The number of hydrogen-bond acceptors (Lipinski definition) is 5. The zero-order valence-corrected chi connectivity index (χ0v) is 14.9. The van der Waals surface area contributed by atoms with E-state index in [-0.39, 0.29) is 29.8 Å². The zero-order chi connectivity index (χ0) is 18.6. The van der Waals surface area contributed by atoms with Crippen LogP contribution >= 0.6 is 0 Å². The van der Waals surface area contributed by atoms with Crippen LogP contribution in [0.5, 0.6) is 5.75 Å². The summed E-state index contributed by atoms with van der Waals surface area (Å²) in [5.74, 6) is 1.62. The first-order chi connectivity index (χ1) is 13.2. The average molecular weight is 367 g/mol. The molecule has 1 saturated carbocycles. The van der Waals surface area contributed by atoms with Crippen molar-refractivity contribution in [1.82, 2.24) is 19.6 Å². The summed E-state index contributed by atoms with van der Waals surface area (Å²) < 4.78 is 7.09. The van der Waals surface area contributed by atoms with Crippen molar-refractivity contribution in [2.75, 3.05) is 5.32 Å². The largest absolute Gasteiger partial charge is 0.486 e. The molecule has 1 amide bonds. The Morgan fingerprint density at radius 2 is 2.00 bits per heavy atom. The number of benzene rings is 1. The molecule has 0 spiro atoms. The van der Waals surface area contributed by atoms with E-state index in [4.69, 9.17) is 4.74 Å². The summed E-state index contributed by atoms with van der Waals surface area (Å²) in [5, 5.41) is 7.21. The molecule has 1 aliphatic rings. The maximum atomic E-state index is 12.5. The van der Waals surface area contributed by atoms with Crippen LogP contribution in [0, 0.1) is 5.92 Å². The van der Waals surface area contributed by atoms with Crippen molar-refractivity contribution < 1.29 is 9.53 Å². The Kier molecular flexibility index (Phi) is 4.86. The lowest BCUT2D eigenvalue weighted by Gasteiger charge is -2.20. The lowest BCUT2D eigenvalue weighted by molar-refractivity contribution is -0.120. The van der Waals surface area contributed by atoms with Gasteiger partial charge in [-0.15, -0.1) is 5.10 Å². The number of nitrogens with one attached hydrogen (secondary N) is 2. The van der Waals surface area contributed by atoms with Crippen LogP contribution in [0.3, 0.4) is 0 Å². The molecule has 1 aliphatic carbocycles. The Labute approximate surface area is 155 Å². The molecule has 0 aliphatic heterocycles. The summed E-state index contributed by atoms with van der Waals surface area (Å²) in [6.45, 7) is 0.156. The van der Waals surface area contributed by atoms with E-state index in [1.165, 1.54) is 17.0 Å². The maximum Gasteiger partial charge on any atom is 0.254 e. The van der Waals surface area contributed by atoms with E-state index in [2.05, 4.69) is 20.4 Å². The molecule has 8 nitrogen and oxygen atoms in total. The number of carbonyl (C=O) groups excluding carboxylic acids is 1. The van der Waals surface area contributed by atoms with Gasteiger partial charge in [-0.25, -0.2) is 0 Å². The predicted molar refractivity (Wildman–Crippen MR) is 99.6 cm³/mol. The van der Waals surface area contributed by atoms with E-state index >= 15 is 0 Å². The third-order valence-electron chi connectivity index (χ3n) is 4.72. The minimum absolute atomic E-state index is 0.0162. The maximum absolute atomic E-state index is 12.5. The number of ether oxygens (including phenoxy) is 1. The molecule has 0 unspecified atom stereocenters. The minimum atomic E-state index is -0.343. The van der Waals surface area contributed by atoms with Gasteiger partial charge in [0.15, 0.2) is 5.82 Å². The first-order valence-corrected chi connectivity index (χ1v) is 9.17. The molecule has 0 radical (unpaired) electrons. The number of para-hydroxylation sites is 1. The summed E-state index contributed by atoms with van der Waals surface area (Å²) in [6.07, 6.45) is 5.06. The fourth-order valence-corrected chi connectivity index (χ4v) is 3.34. The Morgan fingerprint density at radius 3 is 2.78 bits per heavy atom. The van der Waals surface area contributed by atoms with Crippen LogP contribution in [0.4, 0.5) is 5.82 Å². The monoisotopic (exact) mass is 367 g/mol. The molecule has 1 fully saturated rings. The summed E-state index contributed by atoms with van der Waals surface area (Å²) in [7, 11) is 0. The number of anilines is 1. The summed E-state index contributed by atoms with van der Waals surface area (Å²) in [6, 6.07) is 10.7. The minimum Gasteiger partial charge on any atom is -0.486 e. The Morgan fingerprint density at radius 1 is 1.22 bits per heavy atom. The number of H-pyrrole nitrogens is 1.